The minimum absolute atomic E-state index is 0.0679. The number of aromatic hydroxyl groups is 1. The first-order valence-electron chi connectivity index (χ1n) is 6.55. The van der Waals surface area contributed by atoms with Crippen LogP contribution in [0.5, 0.6) is 5.88 Å². The van der Waals surface area contributed by atoms with Crippen LogP contribution in [0.25, 0.3) is 11.1 Å². The summed E-state index contributed by atoms with van der Waals surface area (Å²) in [6.45, 7) is 4.15. The molecule has 0 saturated heterocycles. The van der Waals surface area contributed by atoms with Gasteiger partial charge in [-0.1, -0.05) is 26.0 Å². The van der Waals surface area contributed by atoms with E-state index in [1.807, 2.05) is 0 Å². The summed E-state index contributed by atoms with van der Waals surface area (Å²) in [7, 11) is 0. The largest absolute Gasteiger partial charge is 0.493 e. The highest BCUT2D eigenvalue weighted by molar-refractivity contribution is 5.66. The maximum absolute atomic E-state index is 12.9. The normalized spacial score (nSPS) is 11.0. The number of aromatic nitrogens is 2. The fourth-order valence-electron chi connectivity index (χ4n) is 1.93. The van der Waals surface area contributed by atoms with E-state index in [0.717, 1.165) is 6.42 Å². The van der Waals surface area contributed by atoms with Crippen molar-refractivity contribution in [3.05, 3.63) is 46.3 Å². The summed E-state index contributed by atoms with van der Waals surface area (Å²) in [4.78, 5) is 18.7. The minimum atomic E-state index is -0.414. The smallest absolute Gasteiger partial charge is 0.262 e. The molecule has 0 aliphatic heterocycles. The van der Waals surface area contributed by atoms with Crippen LogP contribution in [0.15, 0.2) is 29.1 Å². The quantitative estimate of drug-likeness (QED) is 0.902. The lowest BCUT2D eigenvalue weighted by Gasteiger charge is -2.07. The maximum atomic E-state index is 12.9. The molecule has 0 aliphatic carbocycles. The van der Waals surface area contributed by atoms with Gasteiger partial charge in [0.15, 0.2) is 0 Å². The van der Waals surface area contributed by atoms with E-state index < -0.39 is 11.4 Å². The molecule has 4 nitrogen and oxygen atoms in total. The van der Waals surface area contributed by atoms with E-state index in [9.17, 15) is 14.3 Å². The number of benzene rings is 1. The van der Waals surface area contributed by atoms with Crippen molar-refractivity contribution >= 4 is 0 Å². The lowest BCUT2D eigenvalue weighted by atomic mass is 10.1. The number of aryl methyl sites for hydroxylation is 1. The summed E-state index contributed by atoms with van der Waals surface area (Å²) in [6, 6.07) is 5.35. The zero-order valence-corrected chi connectivity index (χ0v) is 11.5. The van der Waals surface area contributed by atoms with Crippen LogP contribution in [-0.2, 0) is 6.42 Å². The second-order valence-electron chi connectivity index (χ2n) is 5.15. The van der Waals surface area contributed by atoms with E-state index in [4.69, 9.17) is 0 Å². The Morgan fingerprint density at radius 3 is 2.50 bits per heavy atom. The molecule has 20 heavy (non-hydrogen) atoms. The molecule has 2 N–H and O–H groups in total. The summed E-state index contributed by atoms with van der Waals surface area (Å²) in [5.74, 6) is 0.233. The Bertz CT molecular complexity index is 648. The van der Waals surface area contributed by atoms with E-state index in [0.29, 0.717) is 23.7 Å². The lowest BCUT2D eigenvalue weighted by molar-refractivity contribution is 0.447. The molecule has 5 heteroatoms. The summed E-state index contributed by atoms with van der Waals surface area (Å²) in [5.41, 5.74) is 0.0919. The number of hydrogen-bond acceptors (Lipinski definition) is 3. The van der Waals surface area contributed by atoms with Crippen molar-refractivity contribution in [1.29, 1.82) is 0 Å². The Hall–Kier alpha value is -2.17. The molecule has 1 aromatic heterocycles. The fraction of sp³-hybridized carbons (Fsp3) is 0.333. The molecule has 0 bridgehead atoms. The number of aromatic amines is 1. The first kappa shape index (κ1) is 14.2. The number of nitrogens with one attached hydrogen (secondary N) is 1. The van der Waals surface area contributed by atoms with Gasteiger partial charge in [-0.3, -0.25) is 4.79 Å². The van der Waals surface area contributed by atoms with Crippen molar-refractivity contribution in [3.8, 4) is 17.0 Å². The SMILES string of the molecule is CC(C)CCc1nc(O)c(-c2ccc(F)cc2)c(=O)[nH]1. The minimum Gasteiger partial charge on any atom is -0.493 e. The van der Waals surface area contributed by atoms with Crippen molar-refractivity contribution in [2.45, 2.75) is 26.7 Å². The molecule has 0 amide bonds. The van der Waals surface area contributed by atoms with Crippen LogP contribution in [0.3, 0.4) is 0 Å². The van der Waals surface area contributed by atoms with Crippen LogP contribution in [0, 0.1) is 11.7 Å². The molecule has 0 fully saturated rings. The highest BCUT2D eigenvalue weighted by Gasteiger charge is 2.13. The molecular weight excluding hydrogens is 259 g/mol. The highest BCUT2D eigenvalue weighted by atomic mass is 19.1. The highest BCUT2D eigenvalue weighted by Crippen LogP contribution is 2.23. The Labute approximate surface area is 116 Å². The summed E-state index contributed by atoms with van der Waals surface area (Å²) in [5, 5.41) is 9.94. The van der Waals surface area contributed by atoms with Gasteiger partial charge >= 0.3 is 0 Å². The molecular formula is C15H17FN2O2. The van der Waals surface area contributed by atoms with Crippen molar-refractivity contribution in [3.63, 3.8) is 0 Å². The van der Waals surface area contributed by atoms with Crippen LogP contribution in [0.1, 0.15) is 26.1 Å². The van der Waals surface area contributed by atoms with Gasteiger partial charge in [-0.25, -0.2) is 4.39 Å². The first-order chi connectivity index (χ1) is 9.47. The fourth-order valence-corrected chi connectivity index (χ4v) is 1.93. The summed E-state index contributed by atoms with van der Waals surface area (Å²) >= 11 is 0. The van der Waals surface area contributed by atoms with Gasteiger partial charge in [0, 0.05) is 6.42 Å². The van der Waals surface area contributed by atoms with Gasteiger partial charge in [0.25, 0.3) is 5.56 Å². The third-order valence-electron chi connectivity index (χ3n) is 3.04. The third-order valence-corrected chi connectivity index (χ3v) is 3.04. The molecule has 2 aromatic rings. The van der Waals surface area contributed by atoms with E-state index in [2.05, 4.69) is 23.8 Å². The summed E-state index contributed by atoms with van der Waals surface area (Å²) in [6.07, 6.45) is 1.47. The molecule has 2 rings (SSSR count). The molecule has 1 aromatic carbocycles. The Morgan fingerprint density at radius 2 is 1.95 bits per heavy atom. The van der Waals surface area contributed by atoms with Gasteiger partial charge in [-0.05, 0) is 30.0 Å². The number of nitrogens with zero attached hydrogens (tertiary/aromatic N) is 1. The van der Waals surface area contributed by atoms with E-state index in [1.165, 1.54) is 24.3 Å². The van der Waals surface area contributed by atoms with Crippen LogP contribution >= 0.6 is 0 Å². The van der Waals surface area contributed by atoms with Gasteiger partial charge in [0.1, 0.15) is 17.2 Å². The van der Waals surface area contributed by atoms with Crippen LogP contribution in [0.2, 0.25) is 0 Å². The van der Waals surface area contributed by atoms with Gasteiger partial charge < -0.3 is 10.1 Å². The average Bonchev–Trinajstić information content (AvgIpc) is 2.38. The second kappa shape index (κ2) is 5.86. The Kier molecular flexibility index (Phi) is 4.17. The van der Waals surface area contributed by atoms with Crippen molar-refractivity contribution in [2.75, 3.05) is 0 Å². The van der Waals surface area contributed by atoms with E-state index in [1.54, 1.807) is 0 Å². The van der Waals surface area contributed by atoms with Crippen molar-refractivity contribution in [1.82, 2.24) is 9.97 Å². The number of hydrogen-bond donors (Lipinski definition) is 2. The third kappa shape index (κ3) is 3.23. The Morgan fingerprint density at radius 1 is 1.30 bits per heavy atom. The van der Waals surface area contributed by atoms with Gasteiger partial charge in [-0.15, -0.1) is 0 Å². The molecule has 0 saturated carbocycles. The molecule has 0 aliphatic rings. The molecule has 106 valence electrons. The zero-order valence-electron chi connectivity index (χ0n) is 11.5. The van der Waals surface area contributed by atoms with Crippen LogP contribution in [-0.4, -0.2) is 15.1 Å². The average molecular weight is 276 g/mol. The molecule has 1 heterocycles. The summed E-state index contributed by atoms with van der Waals surface area (Å²) < 4.78 is 12.9. The van der Waals surface area contributed by atoms with Crippen LogP contribution < -0.4 is 5.56 Å². The molecule has 0 spiro atoms. The monoisotopic (exact) mass is 276 g/mol. The van der Waals surface area contributed by atoms with Crippen molar-refractivity contribution < 1.29 is 9.50 Å². The molecule has 0 radical (unpaired) electrons. The molecule has 0 atom stereocenters. The number of halogens is 1. The Balaban J connectivity index is 2.36. The van der Waals surface area contributed by atoms with Gasteiger partial charge in [0.2, 0.25) is 5.88 Å². The van der Waals surface area contributed by atoms with E-state index >= 15 is 0 Å². The van der Waals surface area contributed by atoms with Gasteiger partial charge in [-0.2, -0.15) is 4.98 Å². The topological polar surface area (TPSA) is 66.0 Å². The van der Waals surface area contributed by atoms with Crippen molar-refractivity contribution in [2.24, 2.45) is 5.92 Å². The number of H-pyrrole nitrogens is 1. The maximum Gasteiger partial charge on any atom is 0.262 e. The van der Waals surface area contributed by atoms with Crippen LogP contribution in [0.4, 0.5) is 4.39 Å². The standard InChI is InChI=1S/C15H17FN2O2/c1-9(2)3-8-12-17-14(19)13(15(20)18-12)10-4-6-11(16)7-5-10/h4-7,9H,3,8H2,1-2H3,(H2,17,18,19,20). The first-order valence-corrected chi connectivity index (χ1v) is 6.55. The van der Waals surface area contributed by atoms with E-state index in [-0.39, 0.29) is 11.4 Å². The second-order valence-corrected chi connectivity index (χ2v) is 5.15. The molecule has 0 unspecified atom stereocenters. The predicted molar refractivity (Wildman–Crippen MR) is 75.1 cm³/mol. The number of rotatable bonds is 4. The van der Waals surface area contributed by atoms with Gasteiger partial charge in [0.05, 0.1) is 0 Å². The predicted octanol–water partition coefficient (Wildman–Crippen LogP) is 2.87. The lowest BCUT2D eigenvalue weighted by Crippen LogP contribution is -2.14. The zero-order chi connectivity index (χ0) is 14.7.